The number of benzene rings is 1. The van der Waals surface area contributed by atoms with Gasteiger partial charge in [0, 0.05) is 44.3 Å². The number of rotatable bonds is 7. The summed E-state index contributed by atoms with van der Waals surface area (Å²) in [6.07, 6.45) is 8.62. The summed E-state index contributed by atoms with van der Waals surface area (Å²) in [5.41, 5.74) is 5.72. The summed E-state index contributed by atoms with van der Waals surface area (Å²) in [7, 11) is 2.00. The zero-order chi connectivity index (χ0) is 26.1. The second kappa shape index (κ2) is 9.89. The molecule has 0 radical (unpaired) electrons. The number of hydrogen-bond donors (Lipinski definition) is 3. The quantitative estimate of drug-likeness (QED) is 0.449. The number of carbonyl (C=O) groups excluding carboxylic acids is 1. The molecule has 2 aliphatic heterocycles. The van der Waals surface area contributed by atoms with Crippen molar-refractivity contribution in [3.05, 3.63) is 113 Å². The van der Waals surface area contributed by atoms with E-state index in [9.17, 15) is 9.59 Å². The average molecular weight is 509 g/mol. The molecule has 1 fully saturated rings. The average Bonchev–Trinajstić information content (AvgIpc) is 3.65. The summed E-state index contributed by atoms with van der Waals surface area (Å²) in [5.74, 6) is 0.806. The van der Waals surface area contributed by atoms with Crippen molar-refractivity contribution in [2.75, 3.05) is 7.05 Å². The SMILES string of the molecule is CN(Cc1ccccc1)C1=CC(=Nc2cccn(-c3ccccn3)c2=O)NN2C(C(=O)NC3CC3)=CNC12. The fourth-order valence-corrected chi connectivity index (χ4v) is 4.52. The van der Waals surface area contributed by atoms with Crippen LogP contribution in [0.5, 0.6) is 0 Å². The first-order valence-corrected chi connectivity index (χ1v) is 12.6. The topological polar surface area (TPSA) is 107 Å². The van der Waals surface area contributed by atoms with Crippen molar-refractivity contribution in [1.82, 2.24) is 35.5 Å². The fourth-order valence-electron chi connectivity index (χ4n) is 4.52. The Morgan fingerprint density at radius 3 is 2.71 bits per heavy atom. The number of nitrogens with zero attached hydrogens (tertiary/aromatic N) is 5. The van der Waals surface area contributed by atoms with Gasteiger partial charge in [-0.25, -0.2) is 9.98 Å². The van der Waals surface area contributed by atoms with Gasteiger partial charge in [0.25, 0.3) is 11.5 Å². The van der Waals surface area contributed by atoms with Gasteiger partial charge in [-0.2, -0.15) is 0 Å². The van der Waals surface area contributed by atoms with E-state index in [0.717, 1.165) is 24.1 Å². The molecule has 3 N–H and O–H groups in total. The van der Waals surface area contributed by atoms with Gasteiger partial charge in [0.15, 0.2) is 6.17 Å². The Balaban J connectivity index is 1.36. The molecule has 4 heterocycles. The molecule has 3 aromatic rings. The van der Waals surface area contributed by atoms with Gasteiger partial charge in [0.05, 0.1) is 5.70 Å². The van der Waals surface area contributed by atoms with Crippen molar-refractivity contribution in [3.63, 3.8) is 0 Å². The van der Waals surface area contributed by atoms with Crippen LogP contribution < -0.4 is 21.6 Å². The van der Waals surface area contributed by atoms with Gasteiger partial charge in [-0.05, 0) is 42.7 Å². The van der Waals surface area contributed by atoms with Crippen LogP contribution >= 0.6 is 0 Å². The van der Waals surface area contributed by atoms with E-state index >= 15 is 0 Å². The van der Waals surface area contributed by atoms with Gasteiger partial charge < -0.3 is 15.5 Å². The zero-order valence-electron chi connectivity index (χ0n) is 20.9. The van der Waals surface area contributed by atoms with E-state index in [1.54, 1.807) is 47.9 Å². The predicted molar refractivity (Wildman–Crippen MR) is 144 cm³/mol. The summed E-state index contributed by atoms with van der Waals surface area (Å²) >= 11 is 0. The minimum Gasteiger partial charge on any atom is -0.370 e. The number of hydrazine groups is 1. The van der Waals surface area contributed by atoms with Crippen LogP contribution in [0, 0.1) is 0 Å². The summed E-state index contributed by atoms with van der Waals surface area (Å²) < 4.78 is 1.46. The first-order valence-electron chi connectivity index (χ1n) is 12.6. The minimum absolute atomic E-state index is 0.154. The third-order valence-corrected chi connectivity index (χ3v) is 6.61. The van der Waals surface area contributed by atoms with Crippen molar-refractivity contribution < 1.29 is 4.79 Å². The molecule has 1 atom stereocenters. The molecule has 6 rings (SSSR count). The molecular weight excluding hydrogens is 480 g/mol. The predicted octanol–water partition coefficient (Wildman–Crippen LogP) is 2.15. The Kier molecular flexibility index (Phi) is 6.12. The molecule has 0 spiro atoms. The molecule has 0 bridgehead atoms. The molecule has 10 nitrogen and oxygen atoms in total. The number of nitrogens with one attached hydrogen (secondary N) is 3. The van der Waals surface area contributed by atoms with Crippen LogP contribution in [0.4, 0.5) is 5.69 Å². The van der Waals surface area contributed by atoms with Crippen LogP contribution in [0.3, 0.4) is 0 Å². The number of pyridine rings is 2. The molecule has 3 aliphatic rings. The maximum Gasteiger partial charge on any atom is 0.282 e. The van der Waals surface area contributed by atoms with Gasteiger partial charge in [0.2, 0.25) is 0 Å². The molecule has 1 unspecified atom stereocenters. The van der Waals surface area contributed by atoms with Crippen LogP contribution in [-0.2, 0) is 11.3 Å². The lowest BCUT2D eigenvalue weighted by Crippen LogP contribution is -2.56. The number of likely N-dealkylation sites (N-methyl/N-ethyl adjacent to an activating group) is 1. The molecule has 0 saturated heterocycles. The van der Waals surface area contributed by atoms with Gasteiger partial charge >= 0.3 is 0 Å². The molecule has 38 heavy (non-hydrogen) atoms. The number of amides is 1. The molecule has 1 aromatic carbocycles. The van der Waals surface area contributed by atoms with E-state index in [4.69, 9.17) is 0 Å². The second-order valence-corrected chi connectivity index (χ2v) is 9.49. The minimum atomic E-state index is -0.316. The van der Waals surface area contributed by atoms with E-state index in [1.165, 1.54) is 4.57 Å². The van der Waals surface area contributed by atoms with Crippen molar-refractivity contribution in [1.29, 1.82) is 0 Å². The lowest BCUT2D eigenvalue weighted by atomic mass is 10.1. The van der Waals surface area contributed by atoms with Crippen LogP contribution in [0.25, 0.3) is 5.82 Å². The first-order chi connectivity index (χ1) is 18.6. The smallest absolute Gasteiger partial charge is 0.282 e. The van der Waals surface area contributed by atoms with Crippen LogP contribution in [0.2, 0.25) is 0 Å². The first kappa shape index (κ1) is 23.5. The Bertz CT molecular complexity index is 1490. The van der Waals surface area contributed by atoms with Gasteiger partial charge in [0.1, 0.15) is 23.0 Å². The Labute approximate surface area is 220 Å². The Morgan fingerprint density at radius 1 is 1.13 bits per heavy atom. The normalized spacial score (nSPS) is 19.1. The maximum atomic E-state index is 13.3. The van der Waals surface area contributed by atoms with Gasteiger partial charge in [-0.3, -0.25) is 24.6 Å². The molecule has 1 aliphatic carbocycles. The monoisotopic (exact) mass is 508 g/mol. The molecular formula is C28H28N8O2. The number of aromatic nitrogens is 2. The third kappa shape index (κ3) is 4.75. The molecule has 10 heteroatoms. The lowest BCUT2D eigenvalue weighted by Gasteiger charge is -2.38. The molecule has 2 aromatic heterocycles. The van der Waals surface area contributed by atoms with Crippen LogP contribution in [0.15, 0.2) is 107 Å². The number of fused-ring (bicyclic) bond motifs is 1. The number of aliphatic imine (C=N–C) groups is 1. The third-order valence-electron chi connectivity index (χ3n) is 6.61. The summed E-state index contributed by atoms with van der Waals surface area (Å²) in [4.78, 5) is 37.4. The second-order valence-electron chi connectivity index (χ2n) is 9.49. The highest BCUT2D eigenvalue weighted by molar-refractivity contribution is 5.99. The number of carbonyl (C=O) groups is 1. The highest BCUT2D eigenvalue weighted by atomic mass is 16.2. The van der Waals surface area contributed by atoms with E-state index in [2.05, 4.69) is 43.1 Å². The molecule has 1 saturated carbocycles. The number of hydrogen-bond acceptors (Lipinski definition) is 7. The summed E-state index contributed by atoms with van der Waals surface area (Å²) in [6, 6.07) is 19.2. The lowest BCUT2D eigenvalue weighted by molar-refractivity contribution is -0.119. The van der Waals surface area contributed by atoms with Crippen molar-refractivity contribution >= 4 is 17.4 Å². The van der Waals surface area contributed by atoms with E-state index in [-0.39, 0.29) is 29.4 Å². The molecule has 192 valence electrons. The highest BCUT2D eigenvalue weighted by Gasteiger charge is 2.39. The Morgan fingerprint density at radius 2 is 1.95 bits per heavy atom. The number of amidine groups is 1. The van der Waals surface area contributed by atoms with Crippen molar-refractivity contribution in [3.8, 4) is 5.82 Å². The maximum absolute atomic E-state index is 13.3. The van der Waals surface area contributed by atoms with Crippen molar-refractivity contribution in [2.24, 2.45) is 4.99 Å². The summed E-state index contributed by atoms with van der Waals surface area (Å²) in [5, 5.41) is 8.15. The Hall–Kier alpha value is -4.86. The van der Waals surface area contributed by atoms with Gasteiger partial charge in [-0.15, -0.1) is 0 Å². The summed E-state index contributed by atoms with van der Waals surface area (Å²) in [6.45, 7) is 0.660. The van der Waals surface area contributed by atoms with Crippen LogP contribution in [0.1, 0.15) is 18.4 Å². The van der Waals surface area contributed by atoms with E-state index in [0.29, 0.717) is 23.9 Å². The van der Waals surface area contributed by atoms with E-state index in [1.807, 2.05) is 37.4 Å². The van der Waals surface area contributed by atoms with Crippen molar-refractivity contribution in [2.45, 2.75) is 31.6 Å². The standard InChI is InChI=1S/C28H28N8O2/c1-34(18-19-8-3-2-4-9-19)22-16-24(33-36-23(17-30-26(22)36)27(37)31-20-12-13-20)32-21-10-7-15-35(28(21)38)25-11-5-6-14-29-25/h2-11,14-17,20,26,30H,12-13,18H2,1H3,(H,31,37)(H,32,33). The van der Waals surface area contributed by atoms with Gasteiger partial charge in [-0.1, -0.05) is 36.4 Å². The largest absolute Gasteiger partial charge is 0.370 e. The fraction of sp³-hybridized carbons (Fsp3) is 0.214. The van der Waals surface area contributed by atoms with E-state index < -0.39 is 0 Å². The zero-order valence-corrected chi connectivity index (χ0v) is 20.9. The van der Waals surface area contributed by atoms with Crippen LogP contribution in [-0.4, -0.2) is 50.5 Å². The highest BCUT2D eigenvalue weighted by Crippen LogP contribution is 2.27. The molecule has 1 amide bonds.